The van der Waals surface area contributed by atoms with Crippen molar-refractivity contribution < 1.29 is 4.39 Å². The molecule has 0 saturated heterocycles. The van der Waals surface area contributed by atoms with Gasteiger partial charge in [-0.1, -0.05) is 54.6 Å². The molecule has 0 aliphatic rings. The Labute approximate surface area is 95.1 Å². The Morgan fingerprint density at radius 1 is 0.938 bits per heavy atom. The van der Waals surface area contributed by atoms with Crippen LogP contribution in [0.25, 0.3) is 6.08 Å². The summed E-state index contributed by atoms with van der Waals surface area (Å²) in [5.74, 6) is -0.175. The van der Waals surface area contributed by atoms with Gasteiger partial charge in [0.25, 0.3) is 0 Å². The second-order valence-electron chi connectivity index (χ2n) is 3.65. The van der Waals surface area contributed by atoms with Crippen molar-refractivity contribution in [1.29, 1.82) is 0 Å². The lowest BCUT2D eigenvalue weighted by molar-refractivity contribution is 0.626. The Balaban J connectivity index is 2.00. The summed E-state index contributed by atoms with van der Waals surface area (Å²) in [6.45, 7) is 0. The van der Waals surface area contributed by atoms with Crippen molar-refractivity contribution in [3.05, 3.63) is 77.6 Å². The molecule has 0 amide bonds. The van der Waals surface area contributed by atoms with Crippen LogP contribution in [0, 0.1) is 5.82 Å². The molecule has 0 N–H and O–H groups in total. The molecule has 0 aromatic heterocycles. The number of hydrogen-bond acceptors (Lipinski definition) is 0. The smallest absolute Gasteiger partial charge is 0.123 e. The maximum atomic E-state index is 12.9. The third-order valence-electron chi connectivity index (χ3n) is 2.35. The summed E-state index contributed by atoms with van der Waals surface area (Å²) < 4.78 is 12.9. The molecule has 0 unspecified atom stereocenters. The summed E-state index contributed by atoms with van der Waals surface area (Å²) in [5, 5.41) is 0. The maximum absolute atomic E-state index is 12.9. The molecule has 2 aromatic carbocycles. The van der Waals surface area contributed by atoms with E-state index in [0.29, 0.717) is 0 Å². The summed E-state index contributed by atoms with van der Waals surface area (Å²) in [7, 11) is 0. The van der Waals surface area contributed by atoms with Gasteiger partial charge in [0.1, 0.15) is 5.82 Å². The van der Waals surface area contributed by atoms with E-state index >= 15 is 0 Å². The van der Waals surface area contributed by atoms with Crippen molar-refractivity contribution in [3.8, 4) is 0 Å². The van der Waals surface area contributed by atoms with Gasteiger partial charge in [0.05, 0.1) is 0 Å². The fourth-order valence-electron chi connectivity index (χ4n) is 1.56. The van der Waals surface area contributed by atoms with Gasteiger partial charge >= 0.3 is 0 Å². The quantitative estimate of drug-likeness (QED) is 0.719. The van der Waals surface area contributed by atoms with Crippen LogP contribution >= 0.6 is 0 Å². The lowest BCUT2D eigenvalue weighted by atomic mass is 10.1. The Morgan fingerprint density at radius 2 is 1.75 bits per heavy atom. The van der Waals surface area contributed by atoms with Gasteiger partial charge in [-0.05, 0) is 29.7 Å². The van der Waals surface area contributed by atoms with E-state index in [4.69, 9.17) is 0 Å². The Morgan fingerprint density at radius 3 is 2.50 bits per heavy atom. The van der Waals surface area contributed by atoms with Crippen molar-refractivity contribution in [2.24, 2.45) is 0 Å². The second kappa shape index (κ2) is 5.26. The van der Waals surface area contributed by atoms with E-state index in [0.717, 1.165) is 12.0 Å². The maximum Gasteiger partial charge on any atom is 0.123 e. The Bertz CT molecular complexity index is 472. The first kappa shape index (κ1) is 10.6. The monoisotopic (exact) mass is 212 g/mol. The van der Waals surface area contributed by atoms with Gasteiger partial charge in [0.2, 0.25) is 0 Å². The molecular formula is C15H13F. The first-order valence-electron chi connectivity index (χ1n) is 5.30. The topological polar surface area (TPSA) is 0 Å². The molecule has 0 atom stereocenters. The van der Waals surface area contributed by atoms with Crippen LogP contribution in [-0.4, -0.2) is 0 Å². The highest BCUT2D eigenvalue weighted by Gasteiger charge is 1.92. The number of benzene rings is 2. The van der Waals surface area contributed by atoms with Gasteiger partial charge in [-0.3, -0.25) is 0 Å². The summed E-state index contributed by atoms with van der Waals surface area (Å²) >= 11 is 0. The molecule has 0 saturated carbocycles. The van der Waals surface area contributed by atoms with E-state index in [9.17, 15) is 4.39 Å². The summed E-state index contributed by atoms with van der Waals surface area (Å²) in [4.78, 5) is 0. The summed E-state index contributed by atoms with van der Waals surface area (Å²) in [6, 6.07) is 16.8. The first-order chi connectivity index (χ1) is 7.84. The number of allylic oxidation sites excluding steroid dienone is 1. The first-order valence-corrected chi connectivity index (χ1v) is 5.30. The average Bonchev–Trinajstić information content (AvgIpc) is 2.30. The van der Waals surface area contributed by atoms with Crippen molar-refractivity contribution in [1.82, 2.24) is 0 Å². The molecule has 0 radical (unpaired) electrons. The van der Waals surface area contributed by atoms with Crippen LogP contribution in [0.1, 0.15) is 11.1 Å². The van der Waals surface area contributed by atoms with Crippen molar-refractivity contribution in [2.45, 2.75) is 6.42 Å². The molecule has 0 fully saturated rings. The molecule has 2 aromatic rings. The molecule has 0 aliphatic carbocycles. The van der Waals surface area contributed by atoms with Crippen molar-refractivity contribution in [3.63, 3.8) is 0 Å². The molecule has 1 heteroatoms. The summed E-state index contributed by atoms with van der Waals surface area (Å²) in [6.07, 6.45) is 4.85. The van der Waals surface area contributed by atoms with Crippen LogP contribution < -0.4 is 0 Å². The SMILES string of the molecule is Fc1cccc(CC=Cc2ccccc2)c1. The number of halogens is 1. The molecule has 0 bridgehead atoms. The normalized spacial score (nSPS) is 10.8. The van der Waals surface area contributed by atoms with Gasteiger partial charge in [-0.2, -0.15) is 0 Å². The van der Waals surface area contributed by atoms with Gasteiger partial charge in [0, 0.05) is 0 Å². The molecular weight excluding hydrogens is 199 g/mol. The third-order valence-corrected chi connectivity index (χ3v) is 2.35. The molecule has 80 valence electrons. The van der Waals surface area contributed by atoms with Crippen LogP contribution in [-0.2, 0) is 6.42 Å². The highest BCUT2D eigenvalue weighted by Crippen LogP contribution is 2.07. The minimum Gasteiger partial charge on any atom is -0.207 e. The van der Waals surface area contributed by atoms with Gasteiger partial charge in [-0.25, -0.2) is 4.39 Å². The van der Waals surface area contributed by atoms with Gasteiger partial charge in [0.15, 0.2) is 0 Å². The number of hydrogen-bond donors (Lipinski definition) is 0. The fourth-order valence-corrected chi connectivity index (χ4v) is 1.56. The van der Waals surface area contributed by atoms with Crippen molar-refractivity contribution >= 4 is 6.08 Å². The highest BCUT2D eigenvalue weighted by molar-refractivity contribution is 5.49. The van der Waals surface area contributed by atoms with Gasteiger partial charge in [-0.15, -0.1) is 0 Å². The Kier molecular flexibility index (Phi) is 3.50. The molecule has 2 rings (SSSR count). The average molecular weight is 212 g/mol. The van der Waals surface area contributed by atoms with E-state index in [1.54, 1.807) is 12.1 Å². The highest BCUT2D eigenvalue weighted by atomic mass is 19.1. The zero-order valence-corrected chi connectivity index (χ0v) is 8.94. The largest absolute Gasteiger partial charge is 0.207 e. The van der Waals surface area contributed by atoms with E-state index in [2.05, 4.69) is 0 Å². The predicted molar refractivity (Wildman–Crippen MR) is 65.6 cm³/mol. The van der Waals surface area contributed by atoms with E-state index in [-0.39, 0.29) is 5.82 Å². The zero-order valence-electron chi connectivity index (χ0n) is 8.94. The summed E-state index contributed by atoms with van der Waals surface area (Å²) in [5.41, 5.74) is 2.16. The van der Waals surface area contributed by atoms with Crippen LogP contribution in [0.3, 0.4) is 0 Å². The van der Waals surface area contributed by atoms with E-state index in [1.165, 1.54) is 11.6 Å². The predicted octanol–water partition coefficient (Wildman–Crippen LogP) is 4.08. The lowest BCUT2D eigenvalue weighted by Gasteiger charge is -1.96. The standard InChI is InChI=1S/C15H13F/c16-15-11-5-10-14(12-15)9-4-8-13-6-2-1-3-7-13/h1-8,10-12H,9H2. The molecule has 0 heterocycles. The minimum atomic E-state index is -0.175. The molecule has 16 heavy (non-hydrogen) atoms. The lowest BCUT2D eigenvalue weighted by Crippen LogP contribution is -1.82. The van der Waals surface area contributed by atoms with Crippen LogP contribution in [0.2, 0.25) is 0 Å². The fraction of sp³-hybridized carbons (Fsp3) is 0.0667. The number of rotatable bonds is 3. The van der Waals surface area contributed by atoms with Gasteiger partial charge < -0.3 is 0 Å². The Hall–Kier alpha value is -1.89. The molecule has 0 aliphatic heterocycles. The van der Waals surface area contributed by atoms with Crippen molar-refractivity contribution in [2.75, 3.05) is 0 Å². The minimum absolute atomic E-state index is 0.175. The second-order valence-corrected chi connectivity index (χ2v) is 3.65. The zero-order chi connectivity index (χ0) is 11.2. The molecule has 0 spiro atoms. The molecule has 0 nitrogen and oxygen atoms in total. The van der Waals surface area contributed by atoms with E-state index in [1.807, 2.05) is 48.6 Å². The van der Waals surface area contributed by atoms with Crippen LogP contribution in [0.4, 0.5) is 4.39 Å². The van der Waals surface area contributed by atoms with Crippen LogP contribution in [0.15, 0.2) is 60.7 Å². The van der Waals surface area contributed by atoms with E-state index < -0.39 is 0 Å². The van der Waals surface area contributed by atoms with Crippen LogP contribution in [0.5, 0.6) is 0 Å². The third kappa shape index (κ3) is 3.06.